The topological polar surface area (TPSA) is 149 Å². The largest absolute Gasteiger partial charge is 0.394 e. The Morgan fingerprint density at radius 2 is 1.25 bits per heavy atom. The molecule has 0 spiro atoms. The molecule has 0 aromatic heterocycles. The Hall–Kier alpha value is -1.07. The van der Waals surface area contributed by atoms with E-state index in [1.807, 2.05) is 13.0 Å². The zero-order valence-corrected chi connectivity index (χ0v) is 27.9. The zero-order valence-electron chi connectivity index (χ0n) is 27.9. The van der Waals surface area contributed by atoms with Crippen LogP contribution in [0.5, 0.6) is 0 Å². The van der Waals surface area contributed by atoms with Crippen molar-refractivity contribution >= 4 is 5.91 Å². The number of amides is 1. The lowest BCUT2D eigenvalue weighted by atomic mass is 9.99. The maximum Gasteiger partial charge on any atom is 0.220 e. The van der Waals surface area contributed by atoms with Gasteiger partial charge in [-0.3, -0.25) is 4.79 Å². The Morgan fingerprint density at radius 1 is 0.750 bits per heavy atom. The first kappa shape index (κ1) is 41.0. The third-order valence-corrected chi connectivity index (χ3v) is 8.61. The number of unbranched alkanes of at least 4 members (excludes halogenated alkanes) is 18. The molecule has 0 aliphatic carbocycles. The summed E-state index contributed by atoms with van der Waals surface area (Å²) >= 11 is 0. The molecule has 1 aliphatic rings. The summed E-state index contributed by atoms with van der Waals surface area (Å²) in [5, 5.41) is 53.2. The molecule has 7 atom stereocenters. The van der Waals surface area contributed by atoms with Crippen molar-refractivity contribution in [2.24, 2.45) is 0 Å². The number of carbonyl (C=O) groups excluding carboxylic acids is 1. The number of aliphatic hydroxyl groups excluding tert-OH is 5. The predicted octanol–water partition coefficient (Wildman–Crippen LogP) is 5.44. The summed E-state index contributed by atoms with van der Waals surface area (Å²) in [4.78, 5) is 12.4. The highest BCUT2D eigenvalue weighted by Gasteiger charge is 2.44. The molecule has 9 nitrogen and oxygen atoms in total. The molecule has 0 radical (unpaired) electrons. The van der Waals surface area contributed by atoms with Gasteiger partial charge in [-0.25, -0.2) is 0 Å². The number of hydrogen-bond donors (Lipinski definition) is 6. The summed E-state index contributed by atoms with van der Waals surface area (Å²) < 4.78 is 11.0. The molecule has 260 valence electrons. The predicted molar refractivity (Wildman–Crippen MR) is 175 cm³/mol. The molecular formula is C35H67NO8. The molecule has 1 saturated heterocycles. The number of ether oxygens (including phenoxy) is 2. The lowest BCUT2D eigenvalue weighted by Crippen LogP contribution is -2.60. The summed E-state index contributed by atoms with van der Waals surface area (Å²) in [6, 6.07) is -0.793. The number of nitrogens with one attached hydrogen (secondary N) is 1. The van der Waals surface area contributed by atoms with E-state index < -0.39 is 49.5 Å². The average Bonchev–Trinajstić information content (AvgIpc) is 3.02. The summed E-state index contributed by atoms with van der Waals surface area (Å²) in [5.41, 5.74) is 0. The van der Waals surface area contributed by atoms with Crippen LogP contribution in [0, 0.1) is 0 Å². The van der Waals surface area contributed by atoms with Crippen LogP contribution in [0.15, 0.2) is 12.2 Å². The van der Waals surface area contributed by atoms with E-state index in [-0.39, 0.29) is 12.5 Å². The van der Waals surface area contributed by atoms with Gasteiger partial charge in [0, 0.05) is 6.42 Å². The third kappa shape index (κ3) is 18.8. The lowest BCUT2D eigenvalue weighted by Gasteiger charge is -2.40. The van der Waals surface area contributed by atoms with Crippen molar-refractivity contribution in [2.45, 2.75) is 192 Å². The SMILES string of the molecule is CCCCCCCCCCCCCCCCCCC/C=C/C(O)C(COC1OC(CO)C(O)C(O)C1O)NC(=O)CCCC. The summed E-state index contributed by atoms with van der Waals surface area (Å²) in [5.74, 6) is -0.213. The summed E-state index contributed by atoms with van der Waals surface area (Å²) in [6.45, 7) is 3.51. The quantitative estimate of drug-likeness (QED) is 0.0495. The van der Waals surface area contributed by atoms with Gasteiger partial charge < -0.3 is 40.3 Å². The van der Waals surface area contributed by atoms with Gasteiger partial charge in [-0.05, 0) is 19.3 Å². The van der Waals surface area contributed by atoms with E-state index in [1.165, 1.54) is 96.3 Å². The molecule has 0 aromatic carbocycles. The Bertz CT molecular complexity index is 706. The van der Waals surface area contributed by atoms with Crippen LogP contribution in [0.4, 0.5) is 0 Å². The molecule has 1 fully saturated rings. The number of aliphatic hydroxyl groups is 5. The Labute approximate surface area is 267 Å². The van der Waals surface area contributed by atoms with E-state index in [9.17, 15) is 30.3 Å². The van der Waals surface area contributed by atoms with Crippen molar-refractivity contribution in [3.63, 3.8) is 0 Å². The second kappa shape index (κ2) is 27.1. The molecule has 7 unspecified atom stereocenters. The van der Waals surface area contributed by atoms with Crippen molar-refractivity contribution in [1.29, 1.82) is 0 Å². The van der Waals surface area contributed by atoms with E-state index in [0.717, 1.165) is 32.1 Å². The molecule has 44 heavy (non-hydrogen) atoms. The van der Waals surface area contributed by atoms with E-state index in [2.05, 4.69) is 12.2 Å². The second-order valence-corrected chi connectivity index (χ2v) is 12.7. The van der Waals surface area contributed by atoms with Gasteiger partial charge in [-0.1, -0.05) is 135 Å². The summed E-state index contributed by atoms with van der Waals surface area (Å²) in [7, 11) is 0. The van der Waals surface area contributed by atoms with E-state index >= 15 is 0 Å². The fourth-order valence-corrected chi connectivity index (χ4v) is 5.60. The van der Waals surface area contributed by atoms with E-state index in [4.69, 9.17) is 9.47 Å². The third-order valence-electron chi connectivity index (χ3n) is 8.61. The number of rotatable bonds is 28. The Balaban J connectivity index is 2.25. The number of allylic oxidation sites excluding steroid dienone is 1. The van der Waals surface area contributed by atoms with Crippen LogP contribution in [-0.2, 0) is 14.3 Å². The van der Waals surface area contributed by atoms with Crippen LogP contribution in [0.1, 0.15) is 149 Å². The standard InChI is InChI=1S/C35H67NO8/c1-3-5-7-8-9-10-11-12-13-14-15-16-17-18-19-20-21-22-23-24-29(38)28(36-31(39)25-6-4-2)27-43-35-34(42)33(41)32(40)30(26-37)44-35/h23-24,28-30,32-35,37-38,40-42H,3-22,25-27H2,1-2H3,(H,36,39)/b24-23+. The van der Waals surface area contributed by atoms with Gasteiger partial charge in [0.05, 0.1) is 25.4 Å². The van der Waals surface area contributed by atoms with Gasteiger partial charge in [0.1, 0.15) is 24.4 Å². The van der Waals surface area contributed by atoms with Crippen LogP contribution in [-0.4, -0.2) is 87.5 Å². The molecular weight excluding hydrogens is 562 g/mol. The Kier molecular flexibility index (Phi) is 25.2. The molecule has 0 aromatic rings. The minimum Gasteiger partial charge on any atom is -0.394 e. The smallest absolute Gasteiger partial charge is 0.220 e. The number of carbonyl (C=O) groups is 1. The maximum atomic E-state index is 12.4. The van der Waals surface area contributed by atoms with Crippen LogP contribution >= 0.6 is 0 Å². The van der Waals surface area contributed by atoms with Crippen LogP contribution in [0.2, 0.25) is 0 Å². The van der Waals surface area contributed by atoms with Gasteiger partial charge in [-0.2, -0.15) is 0 Å². The molecule has 0 saturated carbocycles. The van der Waals surface area contributed by atoms with Gasteiger partial charge in [-0.15, -0.1) is 0 Å². The maximum absolute atomic E-state index is 12.4. The first-order chi connectivity index (χ1) is 21.3. The molecule has 9 heteroatoms. The minimum atomic E-state index is -1.56. The molecule has 1 amide bonds. The zero-order chi connectivity index (χ0) is 32.4. The highest BCUT2D eigenvalue weighted by Crippen LogP contribution is 2.22. The first-order valence-corrected chi connectivity index (χ1v) is 17.9. The van der Waals surface area contributed by atoms with Crippen molar-refractivity contribution < 1.29 is 39.8 Å². The second-order valence-electron chi connectivity index (χ2n) is 12.7. The van der Waals surface area contributed by atoms with Gasteiger partial charge in [0.15, 0.2) is 6.29 Å². The lowest BCUT2D eigenvalue weighted by molar-refractivity contribution is -0.302. The highest BCUT2D eigenvalue weighted by atomic mass is 16.7. The normalized spacial score (nSPS) is 23.7. The molecule has 1 rings (SSSR count). The van der Waals surface area contributed by atoms with Gasteiger partial charge >= 0.3 is 0 Å². The number of hydrogen-bond acceptors (Lipinski definition) is 8. The molecule has 6 N–H and O–H groups in total. The fraction of sp³-hybridized carbons (Fsp3) is 0.914. The average molecular weight is 630 g/mol. The Morgan fingerprint density at radius 3 is 1.75 bits per heavy atom. The van der Waals surface area contributed by atoms with Gasteiger partial charge in [0.25, 0.3) is 0 Å². The highest BCUT2D eigenvalue weighted by molar-refractivity contribution is 5.76. The summed E-state index contributed by atoms with van der Waals surface area (Å²) in [6.07, 6.45) is 20.9. The van der Waals surface area contributed by atoms with Crippen LogP contribution < -0.4 is 5.32 Å². The fourth-order valence-electron chi connectivity index (χ4n) is 5.60. The van der Waals surface area contributed by atoms with Crippen molar-refractivity contribution in [2.75, 3.05) is 13.2 Å². The first-order valence-electron chi connectivity index (χ1n) is 17.9. The molecule has 1 heterocycles. The van der Waals surface area contributed by atoms with Crippen molar-refractivity contribution in [3.05, 3.63) is 12.2 Å². The van der Waals surface area contributed by atoms with Crippen molar-refractivity contribution in [3.8, 4) is 0 Å². The minimum absolute atomic E-state index is 0.189. The van der Waals surface area contributed by atoms with E-state index in [1.54, 1.807) is 6.08 Å². The molecule has 0 bridgehead atoms. The van der Waals surface area contributed by atoms with Crippen LogP contribution in [0.25, 0.3) is 0 Å². The van der Waals surface area contributed by atoms with E-state index in [0.29, 0.717) is 6.42 Å². The monoisotopic (exact) mass is 629 g/mol. The molecule has 1 aliphatic heterocycles. The van der Waals surface area contributed by atoms with Crippen molar-refractivity contribution in [1.82, 2.24) is 5.32 Å². The van der Waals surface area contributed by atoms with Gasteiger partial charge in [0.2, 0.25) is 5.91 Å². The van der Waals surface area contributed by atoms with Crippen LogP contribution in [0.3, 0.4) is 0 Å².